The Morgan fingerprint density at radius 2 is 2.05 bits per heavy atom. The van der Waals surface area contributed by atoms with Crippen LogP contribution in [0, 0.1) is 5.82 Å². The average Bonchev–Trinajstić information content (AvgIpc) is 2.87. The van der Waals surface area contributed by atoms with Gasteiger partial charge in [0.25, 0.3) is 0 Å². The number of rotatable bonds is 2. The first-order valence-electron chi connectivity index (χ1n) is 6.80. The lowest BCUT2D eigenvalue weighted by molar-refractivity contribution is 0.275. The molecule has 1 aromatic carbocycles. The third-order valence-electron chi connectivity index (χ3n) is 3.70. The number of anilines is 1. The van der Waals surface area contributed by atoms with Crippen molar-refractivity contribution in [1.29, 1.82) is 0 Å². The van der Waals surface area contributed by atoms with Gasteiger partial charge in [-0.15, -0.1) is 5.10 Å². The summed E-state index contributed by atoms with van der Waals surface area (Å²) in [5.41, 5.74) is 1.66. The van der Waals surface area contributed by atoms with Crippen molar-refractivity contribution >= 4 is 32.7 Å². The molecule has 1 saturated heterocycles. The van der Waals surface area contributed by atoms with Crippen LogP contribution in [0.15, 0.2) is 41.1 Å². The summed E-state index contributed by atoms with van der Waals surface area (Å²) in [5.74, 6) is -0.382. The number of pyridine rings is 1. The Labute approximate surface area is 133 Å². The Balaban J connectivity index is 1.77. The number of nitrogens with zero attached hydrogens (tertiary/aromatic N) is 4. The fourth-order valence-electron chi connectivity index (χ4n) is 2.52. The predicted molar refractivity (Wildman–Crippen MR) is 83.6 cm³/mol. The van der Waals surface area contributed by atoms with Crippen molar-refractivity contribution in [2.45, 2.75) is 6.17 Å². The quantitative estimate of drug-likeness (QED) is 0.697. The van der Waals surface area contributed by atoms with E-state index in [1.165, 1.54) is 10.7 Å². The number of hydrogen-bond acceptors (Lipinski definition) is 3. The molecule has 0 atom stereocenters. The molecule has 0 bridgehead atoms. The van der Waals surface area contributed by atoms with Gasteiger partial charge >= 0.3 is 0 Å². The highest BCUT2D eigenvalue weighted by Crippen LogP contribution is 2.27. The second kappa shape index (κ2) is 5.01. The molecular weight excluding hydrogens is 354 g/mol. The Kier molecular flexibility index (Phi) is 3.11. The number of halogens is 3. The minimum absolute atomic E-state index is 0.328. The van der Waals surface area contributed by atoms with Crippen molar-refractivity contribution in [3.8, 4) is 5.69 Å². The van der Waals surface area contributed by atoms with Crippen molar-refractivity contribution in [2.75, 3.05) is 18.0 Å². The fraction of sp³-hybridized carbons (Fsp3) is 0.200. The van der Waals surface area contributed by atoms with E-state index in [4.69, 9.17) is 0 Å². The molecule has 1 fully saturated rings. The summed E-state index contributed by atoms with van der Waals surface area (Å²) in [6, 6.07) is 6.59. The number of hydrogen-bond donors (Lipinski definition) is 0. The molecule has 3 heterocycles. The molecular formula is C15H11BrF2N4. The van der Waals surface area contributed by atoms with Crippen LogP contribution in [-0.4, -0.2) is 34.0 Å². The highest BCUT2D eigenvalue weighted by Gasteiger charge is 2.27. The van der Waals surface area contributed by atoms with E-state index in [9.17, 15) is 8.78 Å². The molecule has 112 valence electrons. The van der Waals surface area contributed by atoms with Gasteiger partial charge in [0.15, 0.2) is 5.65 Å². The Bertz CT molecular complexity index is 858. The van der Waals surface area contributed by atoms with E-state index in [2.05, 4.69) is 26.0 Å². The molecule has 22 heavy (non-hydrogen) atoms. The van der Waals surface area contributed by atoms with Crippen molar-refractivity contribution in [3.05, 3.63) is 46.9 Å². The van der Waals surface area contributed by atoms with Gasteiger partial charge < -0.3 is 4.90 Å². The molecule has 0 amide bonds. The zero-order chi connectivity index (χ0) is 15.3. The van der Waals surface area contributed by atoms with Gasteiger partial charge in [-0.25, -0.2) is 18.4 Å². The normalized spacial score (nSPS) is 15.3. The first-order chi connectivity index (χ1) is 10.6. The SMILES string of the molecule is Fc1ccc(N2CC(F)C2)cc1-n1cc2cc(Br)cnc2n1. The highest BCUT2D eigenvalue weighted by atomic mass is 79.9. The standard InChI is InChI=1S/C15H11BrF2N4/c16-10-3-9-6-22(20-15(9)19-5-10)14-4-12(1-2-13(14)18)21-7-11(17)8-21/h1-6,11H,7-8H2. The van der Waals surface area contributed by atoms with Crippen LogP contribution in [0.1, 0.15) is 0 Å². The van der Waals surface area contributed by atoms with Crippen molar-refractivity contribution < 1.29 is 8.78 Å². The molecule has 1 aliphatic heterocycles. The third kappa shape index (κ3) is 2.25. The first-order valence-corrected chi connectivity index (χ1v) is 7.59. The summed E-state index contributed by atoms with van der Waals surface area (Å²) in [4.78, 5) is 6.06. The Morgan fingerprint density at radius 3 is 2.82 bits per heavy atom. The minimum atomic E-state index is -0.803. The van der Waals surface area contributed by atoms with E-state index in [1.54, 1.807) is 24.5 Å². The molecule has 4 nitrogen and oxygen atoms in total. The molecule has 0 radical (unpaired) electrons. The fourth-order valence-corrected chi connectivity index (χ4v) is 2.87. The van der Waals surface area contributed by atoms with Gasteiger partial charge in [-0.05, 0) is 40.2 Å². The number of alkyl halides is 1. The molecule has 0 N–H and O–H groups in total. The third-order valence-corrected chi connectivity index (χ3v) is 4.14. The van der Waals surface area contributed by atoms with E-state index in [1.807, 2.05) is 11.0 Å². The molecule has 0 saturated carbocycles. The second-order valence-electron chi connectivity index (χ2n) is 5.28. The summed E-state index contributed by atoms with van der Waals surface area (Å²) in [6.45, 7) is 0.696. The minimum Gasteiger partial charge on any atom is -0.365 e. The Morgan fingerprint density at radius 1 is 1.23 bits per heavy atom. The summed E-state index contributed by atoms with van der Waals surface area (Å²) in [7, 11) is 0. The topological polar surface area (TPSA) is 34.0 Å². The van der Waals surface area contributed by atoms with Crippen LogP contribution in [0.4, 0.5) is 14.5 Å². The molecule has 3 aromatic rings. The van der Waals surface area contributed by atoms with Gasteiger partial charge in [-0.2, -0.15) is 0 Å². The van der Waals surface area contributed by atoms with Gasteiger partial charge in [-0.1, -0.05) is 0 Å². The Hall–Kier alpha value is -2.02. The smallest absolute Gasteiger partial charge is 0.181 e. The largest absolute Gasteiger partial charge is 0.365 e. The van der Waals surface area contributed by atoms with Crippen molar-refractivity contribution in [1.82, 2.24) is 14.8 Å². The monoisotopic (exact) mass is 364 g/mol. The number of benzene rings is 1. The first kappa shape index (κ1) is 13.6. The van der Waals surface area contributed by atoms with Crippen molar-refractivity contribution in [3.63, 3.8) is 0 Å². The lowest BCUT2D eigenvalue weighted by Gasteiger charge is -2.36. The molecule has 2 aromatic heterocycles. The van der Waals surface area contributed by atoms with E-state index in [-0.39, 0.29) is 5.82 Å². The van der Waals surface area contributed by atoms with Crippen LogP contribution in [0.2, 0.25) is 0 Å². The summed E-state index contributed by atoms with van der Waals surface area (Å²) < 4.78 is 29.4. The van der Waals surface area contributed by atoms with E-state index in [0.29, 0.717) is 24.4 Å². The van der Waals surface area contributed by atoms with Gasteiger partial charge in [0.05, 0.1) is 13.1 Å². The second-order valence-corrected chi connectivity index (χ2v) is 6.19. The highest BCUT2D eigenvalue weighted by molar-refractivity contribution is 9.10. The summed E-state index contributed by atoms with van der Waals surface area (Å²) in [5, 5.41) is 5.11. The van der Waals surface area contributed by atoms with Gasteiger partial charge in [0.2, 0.25) is 0 Å². The van der Waals surface area contributed by atoms with Crippen LogP contribution in [0.3, 0.4) is 0 Å². The van der Waals surface area contributed by atoms with Gasteiger partial charge in [0, 0.05) is 27.9 Å². The zero-order valence-corrected chi connectivity index (χ0v) is 13.0. The van der Waals surface area contributed by atoms with Crippen LogP contribution in [0.5, 0.6) is 0 Å². The zero-order valence-electron chi connectivity index (χ0n) is 11.4. The van der Waals surface area contributed by atoms with Gasteiger partial charge in [0.1, 0.15) is 17.7 Å². The van der Waals surface area contributed by atoms with Gasteiger partial charge in [-0.3, -0.25) is 0 Å². The van der Waals surface area contributed by atoms with Crippen LogP contribution < -0.4 is 4.90 Å². The summed E-state index contributed by atoms with van der Waals surface area (Å²) >= 11 is 3.35. The molecule has 0 unspecified atom stereocenters. The lowest BCUT2D eigenvalue weighted by atomic mass is 10.1. The molecule has 0 aliphatic carbocycles. The predicted octanol–water partition coefficient (Wildman–Crippen LogP) is 3.48. The van der Waals surface area contributed by atoms with E-state index >= 15 is 0 Å². The maximum absolute atomic E-state index is 14.1. The lowest BCUT2D eigenvalue weighted by Crippen LogP contribution is -2.48. The number of aromatic nitrogens is 3. The van der Waals surface area contributed by atoms with Crippen molar-refractivity contribution in [2.24, 2.45) is 0 Å². The summed E-state index contributed by atoms with van der Waals surface area (Å²) in [6.07, 6.45) is 2.57. The molecule has 7 heteroatoms. The van der Waals surface area contributed by atoms with Crippen LogP contribution in [-0.2, 0) is 0 Å². The maximum atomic E-state index is 14.1. The average molecular weight is 365 g/mol. The maximum Gasteiger partial charge on any atom is 0.181 e. The van der Waals surface area contributed by atoms with Crippen LogP contribution in [0.25, 0.3) is 16.7 Å². The molecule has 0 spiro atoms. The van der Waals surface area contributed by atoms with Crippen LogP contribution >= 0.6 is 15.9 Å². The van der Waals surface area contributed by atoms with E-state index in [0.717, 1.165) is 15.5 Å². The molecule has 1 aliphatic rings. The van der Waals surface area contributed by atoms with E-state index < -0.39 is 6.17 Å². The number of fused-ring (bicyclic) bond motifs is 1. The molecule has 4 rings (SSSR count).